The first-order valence-corrected chi connectivity index (χ1v) is 7.42. The highest BCUT2D eigenvalue weighted by Crippen LogP contribution is 2.49. The molecular formula is C17H20O4. The van der Waals surface area contributed by atoms with Crippen LogP contribution in [0.4, 0.5) is 0 Å². The molecular weight excluding hydrogens is 268 g/mol. The van der Waals surface area contributed by atoms with Crippen LogP contribution in [0, 0.1) is 25.7 Å². The molecule has 0 unspecified atom stereocenters. The summed E-state index contributed by atoms with van der Waals surface area (Å²) in [5.74, 6) is 0.306. The number of hydrogen-bond donors (Lipinski definition) is 0. The predicted molar refractivity (Wildman–Crippen MR) is 77.0 cm³/mol. The van der Waals surface area contributed by atoms with Crippen molar-refractivity contribution in [3.63, 3.8) is 0 Å². The lowest BCUT2D eigenvalue weighted by molar-refractivity contribution is -0.144. The minimum atomic E-state index is -0.332. The molecule has 1 saturated heterocycles. The Morgan fingerprint density at radius 1 is 1.38 bits per heavy atom. The van der Waals surface area contributed by atoms with E-state index in [4.69, 9.17) is 9.47 Å². The number of hydrogen-bond acceptors (Lipinski definition) is 4. The molecule has 1 fully saturated rings. The summed E-state index contributed by atoms with van der Waals surface area (Å²) in [6.45, 7) is 7.30. The van der Waals surface area contributed by atoms with Gasteiger partial charge in [-0.05, 0) is 49.4 Å². The van der Waals surface area contributed by atoms with Gasteiger partial charge in [0.25, 0.3) is 0 Å². The fraction of sp³-hybridized carbons (Fsp3) is 0.529. The third kappa shape index (κ3) is 2.13. The van der Waals surface area contributed by atoms with Crippen molar-refractivity contribution in [3.8, 4) is 5.75 Å². The fourth-order valence-corrected chi connectivity index (χ4v) is 3.68. The molecule has 0 bridgehead atoms. The first-order chi connectivity index (χ1) is 9.90. The van der Waals surface area contributed by atoms with Crippen LogP contribution in [-0.4, -0.2) is 11.9 Å². The molecule has 4 heteroatoms. The molecule has 0 radical (unpaired) electrons. The molecule has 0 amide bonds. The van der Waals surface area contributed by atoms with Gasteiger partial charge in [-0.15, -0.1) is 0 Å². The van der Waals surface area contributed by atoms with Crippen LogP contribution >= 0.6 is 0 Å². The summed E-state index contributed by atoms with van der Waals surface area (Å²) in [6, 6.07) is 1.91. The number of fused-ring (bicyclic) bond motifs is 3. The van der Waals surface area contributed by atoms with Crippen molar-refractivity contribution < 1.29 is 19.1 Å². The topological polar surface area (TPSA) is 52.6 Å². The van der Waals surface area contributed by atoms with Gasteiger partial charge in [0.2, 0.25) is 0 Å². The van der Waals surface area contributed by atoms with E-state index in [2.05, 4.69) is 0 Å². The van der Waals surface area contributed by atoms with Crippen molar-refractivity contribution in [2.75, 3.05) is 0 Å². The Morgan fingerprint density at radius 3 is 2.76 bits per heavy atom. The van der Waals surface area contributed by atoms with Gasteiger partial charge in [0, 0.05) is 18.4 Å². The second-order valence-electron chi connectivity index (χ2n) is 6.15. The van der Waals surface area contributed by atoms with Gasteiger partial charge < -0.3 is 9.47 Å². The normalized spacial score (nSPS) is 26.9. The summed E-state index contributed by atoms with van der Waals surface area (Å²) in [5.41, 5.74) is 4.31. The lowest BCUT2D eigenvalue weighted by Crippen LogP contribution is -2.23. The van der Waals surface area contributed by atoms with E-state index in [-0.39, 0.29) is 29.9 Å². The van der Waals surface area contributed by atoms with E-state index in [1.807, 2.05) is 26.8 Å². The summed E-state index contributed by atoms with van der Waals surface area (Å²) in [4.78, 5) is 23.2. The zero-order chi connectivity index (χ0) is 15.3. The summed E-state index contributed by atoms with van der Waals surface area (Å²) in [5, 5.41) is 0. The van der Waals surface area contributed by atoms with E-state index >= 15 is 0 Å². The molecule has 1 aromatic rings. The van der Waals surface area contributed by atoms with Gasteiger partial charge >= 0.3 is 11.9 Å². The van der Waals surface area contributed by atoms with E-state index in [1.165, 1.54) is 12.5 Å². The van der Waals surface area contributed by atoms with Gasteiger partial charge in [-0.2, -0.15) is 0 Å². The maximum atomic E-state index is 11.9. The monoisotopic (exact) mass is 288 g/mol. The molecule has 1 heterocycles. The van der Waals surface area contributed by atoms with Crippen molar-refractivity contribution >= 4 is 11.9 Å². The largest absolute Gasteiger partial charge is 0.457 e. The van der Waals surface area contributed by atoms with Crippen LogP contribution < -0.4 is 4.74 Å². The van der Waals surface area contributed by atoms with Crippen LogP contribution in [0.1, 0.15) is 48.6 Å². The highest BCUT2D eigenvalue weighted by molar-refractivity contribution is 5.76. The molecule has 2 aliphatic rings. The Bertz CT molecular complexity index is 632. The van der Waals surface area contributed by atoms with Crippen LogP contribution in [0.3, 0.4) is 0 Å². The molecule has 0 spiro atoms. The smallest absolute Gasteiger partial charge is 0.309 e. The Kier molecular flexibility index (Phi) is 3.27. The summed E-state index contributed by atoms with van der Waals surface area (Å²) in [6.07, 6.45) is 1.73. The van der Waals surface area contributed by atoms with Crippen LogP contribution in [0.15, 0.2) is 6.07 Å². The van der Waals surface area contributed by atoms with E-state index in [1.54, 1.807) is 0 Å². The van der Waals surface area contributed by atoms with Crippen LogP contribution in [0.25, 0.3) is 0 Å². The molecule has 21 heavy (non-hydrogen) atoms. The van der Waals surface area contributed by atoms with Crippen molar-refractivity contribution in [1.29, 1.82) is 0 Å². The highest BCUT2D eigenvalue weighted by atomic mass is 16.6. The van der Waals surface area contributed by atoms with Gasteiger partial charge in [0.15, 0.2) is 0 Å². The van der Waals surface area contributed by atoms with Gasteiger partial charge in [-0.1, -0.05) is 6.92 Å². The Hall–Kier alpha value is -1.84. The Morgan fingerprint density at radius 2 is 2.10 bits per heavy atom. The minimum absolute atomic E-state index is 0.0553. The zero-order valence-corrected chi connectivity index (χ0v) is 12.9. The number of aryl methyl sites for hydroxylation is 1. The maximum absolute atomic E-state index is 11.9. The first-order valence-electron chi connectivity index (χ1n) is 7.42. The van der Waals surface area contributed by atoms with Crippen molar-refractivity contribution in [2.45, 2.75) is 46.6 Å². The van der Waals surface area contributed by atoms with E-state index in [0.29, 0.717) is 5.75 Å². The number of rotatable bonds is 1. The van der Waals surface area contributed by atoms with Crippen LogP contribution in [-0.2, 0) is 20.7 Å². The molecule has 3 rings (SSSR count). The van der Waals surface area contributed by atoms with Gasteiger partial charge in [0.1, 0.15) is 11.9 Å². The molecule has 1 aliphatic heterocycles. The average Bonchev–Trinajstić information content (AvgIpc) is 2.70. The molecule has 0 aromatic heterocycles. The molecule has 1 aromatic carbocycles. The number of ether oxygens (including phenoxy) is 2. The standard InChI is InChI=1S/C17H20O4/c1-8-7-14(20-11(4)18)10(3)15-12(8)5-6-13-9(2)17(19)21-16(13)15/h7,9,13,16H,5-6H2,1-4H3/t9-,13+,16-/m1/s1. The number of benzene rings is 1. The van der Waals surface area contributed by atoms with Crippen molar-refractivity contribution in [1.82, 2.24) is 0 Å². The van der Waals surface area contributed by atoms with Gasteiger partial charge in [-0.25, -0.2) is 0 Å². The van der Waals surface area contributed by atoms with E-state index < -0.39 is 0 Å². The third-order valence-electron chi connectivity index (χ3n) is 4.83. The zero-order valence-electron chi connectivity index (χ0n) is 12.9. The SMILES string of the molecule is CC(=O)Oc1cc(C)c2c(c1C)[C@@H]1OC(=O)[C@H](C)[C@@H]1CC2. The highest BCUT2D eigenvalue weighted by Gasteiger charge is 2.46. The first kappa shape index (κ1) is 14.1. The van der Waals surface area contributed by atoms with Crippen molar-refractivity contribution in [2.24, 2.45) is 11.8 Å². The fourth-order valence-electron chi connectivity index (χ4n) is 3.68. The Labute approximate surface area is 124 Å². The quantitative estimate of drug-likeness (QED) is 0.589. The van der Waals surface area contributed by atoms with E-state index in [9.17, 15) is 9.59 Å². The summed E-state index contributed by atoms with van der Waals surface area (Å²) < 4.78 is 10.9. The minimum Gasteiger partial charge on any atom is -0.457 e. The van der Waals surface area contributed by atoms with Crippen LogP contribution in [0.2, 0.25) is 0 Å². The van der Waals surface area contributed by atoms with Gasteiger partial charge in [0.05, 0.1) is 5.92 Å². The predicted octanol–water partition coefficient (Wildman–Crippen LogP) is 3.03. The Balaban J connectivity index is 2.13. The van der Waals surface area contributed by atoms with Crippen molar-refractivity contribution in [3.05, 3.63) is 28.3 Å². The molecule has 112 valence electrons. The van der Waals surface area contributed by atoms with E-state index in [0.717, 1.165) is 29.5 Å². The lowest BCUT2D eigenvalue weighted by atomic mass is 9.74. The third-order valence-corrected chi connectivity index (χ3v) is 4.83. The summed E-state index contributed by atoms with van der Waals surface area (Å²) in [7, 11) is 0. The average molecular weight is 288 g/mol. The second-order valence-corrected chi connectivity index (χ2v) is 6.15. The molecule has 4 nitrogen and oxygen atoms in total. The molecule has 0 N–H and O–H groups in total. The number of carbonyl (C=O) groups is 2. The molecule has 0 saturated carbocycles. The van der Waals surface area contributed by atoms with Crippen LogP contribution in [0.5, 0.6) is 5.75 Å². The second kappa shape index (κ2) is 4.86. The van der Waals surface area contributed by atoms with Gasteiger partial charge in [-0.3, -0.25) is 9.59 Å². The maximum Gasteiger partial charge on any atom is 0.309 e. The molecule has 1 aliphatic carbocycles. The summed E-state index contributed by atoms with van der Waals surface area (Å²) >= 11 is 0. The molecule has 3 atom stereocenters. The lowest BCUT2D eigenvalue weighted by Gasteiger charge is -2.31. The number of esters is 2. The number of carbonyl (C=O) groups excluding carboxylic acids is 2.